The normalized spacial score (nSPS) is 12.1. The van der Waals surface area contributed by atoms with Crippen molar-refractivity contribution in [1.29, 1.82) is 0 Å². The molecule has 0 radical (unpaired) electrons. The summed E-state index contributed by atoms with van der Waals surface area (Å²) in [4.78, 5) is 25.4. The van der Waals surface area contributed by atoms with Crippen molar-refractivity contribution in [2.24, 2.45) is 5.41 Å². The van der Waals surface area contributed by atoms with Gasteiger partial charge in [-0.3, -0.25) is 4.79 Å². The van der Waals surface area contributed by atoms with Crippen LogP contribution in [-0.4, -0.2) is 47.3 Å². The molecule has 0 aliphatic carbocycles. The van der Waals surface area contributed by atoms with Crippen molar-refractivity contribution in [3.63, 3.8) is 0 Å². The van der Waals surface area contributed by atoms with E-state index in [2.05, 4.69) is 10.4 Å². The van der Waals surface area contributed by atoms with Gasteiger partial charge in [0.25, 0.3) is 0 Å². The zero-order chi connectivity index (χ0) is 25.1. The summed E-state index contributed by atoms with van der Waals surface area (Å²) in [5.41, 5.74) is 0.250. The second-order valence-corrected chi connectivity index (χ2v) is 10.7. The molecule has 33 heavy (non-hydrogen) atoms. The van der Waals surface area contributed by atoms with Gasteiger partial charge >= 0.3 is 6.09 Å². The molecule has 0 unspecified atom stereocenters. The molecule has 2 N–H and O–H groups in total. The van der Waals surface area contributed by atoms with Crippen molar-refractivity contribution in [1.82, 2.24) is 9.89 Å². The van der Waals surface area contributed by atoms with Gasteiger partial charge in [0.1, 0.15) is 4.90 Å². The maximum absolute atomic E-state index is 13.6. The molecule has 0 aliphatic rings. The molecule has 0 spiro atoms. The molecule has 11 heteroatoms. The van der Waals surface area contributed by atoms with Crippen LogP contribution in [-0.2, 0) is 27.5 Å². The minimum absolute atomic E-state index is 0.0134. The highest BCUT2D eigenvalue weighted by Gasteiger charge is 2.33. The Kier molecular flexibility index (Phi) is 8.18. The van der Waals surface area contributed by atoms with Gasteiger partial charge in [0, 0.05) is 11.6 Å². The predicted octanol–water partition coefficient (Wildman–Crippen LogP) is 4.07. The van der Waals surface area contributed by atoms with E-state index in [1.807, 2.05) is 0 Å². The summed E-state index contributed by atoms with van der Waals surface area (Å²) in [5, 5.41) is 17.7. The van der Waals surface area contributed by atoms with Crippen LogP contribution in [0.1, 0.15) is 52.9 Å². The Morgan fingerprint density at radius 2 is 1.76 bits per heavy atom. The molecule has 0 saturated heterocycles. The Balaban J connectivity index is 2.54. The lowest BCUT2D eigenvalue weighted by atomic mass is 9.95. The first kappa shape index (κ1) is 26.7. The van der Waals surface area contributed by atoms with Crippen LogP contribution in [0.3, 0.4) is 0 Å². The first-order valence-corrected chi connectivity index (χ1v) is 12.7. The zero-order valence-corrected chi connectivity index (χ0v) is 21.3. The van der Waals surface area contributed by atoms with E-state index in [1.54, 1.807) is 41.5 Å². The fourth-order valence-corrected chi connectivity index (χ4v) is 5.10. The molecule has 9 nitrogen and oxygen atoms in total. The molecule has 182 valence electrons. The van der Waals surface area contributed by atoms with Crippen LogP contribution in [0.25, 0.3) is 0 Å². The van der Waals surface area contributed by atoms with E-state index in [4.69, 9.17) is 11.6 Å². The average Bonchev–Trinajstić information content (AvgIpc) is 3.12. The smallest absolute Gasteiger partial charge is 0.428 e. The molecular formula is C22H31ClN4O5S. The topological polar surface area (TPSA) is 122 Å². The first-order valence-electron chi connectivity index (χ1n) is 10.7. The number of benzene rings is 1. The van der Waals surface area contributed by atoms with Gasteiger partial charge in [0.15, 0.2) is 0 Å². The van der Waals surface area contributed by atoms with E-state index in [9.17, 15) is 23.1 Å². The molecule has 0 aliphatic heterocycles. The van der Waals surface area contributed by atoms with E-state index in [0.29, 0.717) is 23.5 Å². The zero-order valence-electron chi connectivity index (χ0n) is 19.7. The van der Waals surface area contributed by atoms with Crippen molar-refractivity contribution >= 4 is 39.1 Å². The molecule has 2 rings (SSSR count). The van der Waals surface area contributed by atoms with Crippen LogP contribution in [0, 0.1) is 5.41 Å². The lowest BCUT2D eigenvalue weighted by molar-refractivity contribution is -0.122. The van der Waals surface area contributed by atoms with E-state index >= 15 is 0 Å². The van der Waals surface area contributed by atoms with Gasteiger partial charge in [-0.15, -0.1) is 11.6 Å². The number of amides is 2. The fourth-order valence-electron chi connectivity index (χ4n) is 3.22. The molecule has 0 saturated carbocycles. The van der Waals surface area contributed by atoms with Crippen LogP contribution in [0.4, 0.5) is 10.5 Å². The number of carboxylic acid groups (broad SMARTS) is 1. The SMILES string of the molecule is CCc1nn(N(C(=O)O)C(C)C)c(CC)c1S(=O)(=O)c1ccc(NC(=O)C(C)(C)CCl)cc1. The molecule has 0 atom stereocenters. The molecular weight excluding hydrogens is 468 g/mol. The van der Waals surface area contributed by atoms with Crippen LogP contribution < -0.4 is 10.3 Å². The first-order chi connectivity index (χ1) is 15.3. The van der Waals surface area contributed by atoms with Crippen molar-refractivity contribution < 1.29 is 23.1 Å². The summed E-state index contributed by atoms with van der Waals surface area (Å²) in [6.07, 6.45) is -0.657. The summed E-state index contributed by atoms with van der Waals surface area (Å²) >= 11 is 5.84. The summed E-state index contributed by atoms with van der Waals surface area (Å²) < 4.78 is 27.2. The number of rotatable bonds is 9. The van der Waals surface area contributed by atoms with Gasteiger partial charge in [0.05, 0.1) is 27.7 Å². The number of hydrogen-bond acceptors (Lipinski definition) is 5. The lowest BCUT2D eigenvalue weighted by Gasteiger charge is -2.24. The average molecular weight is 499 g/mol. The highest BCUT2D eigenvalue weighted by atomic mass is 35.5. The Bertz CT molecular complexity index is 1120. The molecule has 2 amide bonds. The number of hydrogen-bond donors (Lipinski definition) is 2. The van der Waals surface area contributed by atoms with Crippen LogP contribution in [0.2, 0.25) is 0 Å². The Hall–Kier alpha value is -2.59. The van der Waals surface area contributed by atoms with Gasteiger partial charge in [-0.1, -0.05) is 13.8 Å². The molecule has 1 aromatic heterocycles. The summed E-state index contributed by atoms with van der Waals surface area (Å²) in [5.74, 6) is -0.142. The number of nitrogens with one attached hydrogen (secondary N) is 1. The standard InChI is InChI=1S/C22H31ClN4O5S/c1-7-17-19(18(8-2)27(25-17)26(14(3)4)21(29)30)33(31,32)16-11-9-15(10-12-16)24-20(28)22(5,6)13-23/h9-12,14H,7-8,13H2,1-6H3,(H,24,28)(H,29,30). The van der Waals surface area contributed by atoms with E-state index in [1.165, 1.54) is 29.1 Å². The fraction of sp³-hybridized carbons (Fsp3) is 0.500. The summed E-state index contributed by atoms with van der Waals surface area (Å²) in [6, 6.07) is 5.38. The number of nitrogens with zero attached hydrogens (tertiary/aromatic N) is 3. The van der Waals surface area contributed by atoms with Gasteiger partial charge < -0.3 is 10.4 Å². The number of aromatic nitrogens is 2. The van der Waals surface area contributed by atoms with Gasteiger partial charge in [-0.05, 0) is 64.8 Å². The van der Waals surface area contributed by atoms with Crippen molar-refractivity contribution in [2.45, 2.75) is 70.2 Å². The Morgan fingerprint density at radius 3 is 2.18 bits per heavy atom. The minimum Gasteiger partial charge on any atom is -0.464 e. The van der Waals surface area contributed by atoms with Crippen LogP contribution >= 0.6 is 11.6 Å². The third-order valence-corrected chi connectivity index (χ3v) is 7.75. The van der Waals surface area contributed by atoms with Gasteiger partial charge in [-0.25, -0.2) is 13.2 Å². The predicted molar refractivity (Wildman–Crippen MR) is 127 cm³/mol. The largest absolute Gasteiger partial charge is 0.464 e. The Morgan fingerprint density at radius 1 is 1.18 bits per heavy atom. The maximum atomic E-state index is 13.6. The molecule has 1 heterocycles. The molecule has 2 aromatic rings. The van der Waals surface area contributed by atoms with Crippen molar-refractivity contribution in [2.75, 3.05) is 16.2 Å². The Labute approximate surface area is 199 Å². The number of carbonyl (C=O) groups excluding carboxylic acids is 1. The highest BCUT2D eigenvalue weighted by molar-refractivity contribution is 7.91. The number of carbonyl (C=O) groups is 2. The minimum atomic E-state index is -4.00. The molecule has 1 aromatic carbocycles. The third-order valence-electron chi connectivity index (χ3n) is 5.18. The number of anilines is 1. The number of aryl methyl sites for hydroxylation is 1. The quantitative estimate of drug-likeness (QED) is 0.502. The van der Waals surface area contributed by atoms with Crippen LogP contribution in [0.15, 0.2) is 34.1 Å². The van der Waals surface area contributed by atoms with Crippen molar-refractivity contribution in [3.8, 4) is 0 Å². The van der Waals surface area contributed by atoms with E-state index in [-0.39, 0.29) is 28.0 Å². The number of alkyl halides is 1. The van der Waals surface area contributed by atoms with E-state index < -0.39 is 27.4 Å². The summed E-state index contributed by atoms with van der Waals surface area (Å²) in [6.45, 7) is 10.3. The molecule has 0 fully saturated rings. The second kappa shape index (κ2) is 10.1. The third kappa shape index (κ3) is 5.33. The molecule has 0 bridgehead atoms. The number of halogens is 1. The summed E-state index contributed by atoms with van der Waals surface area (Å²) in [7, 11) is -4.00. The second-order valence-electron chi connectivity index (χ2n) is 8.54. The van der Waals surface area contributed by atoms with Gasteiger partial charge in [-0.2, -0.15) is 14.9 Å². The monoisotopic (exact) mass is 498 g/mol. The lowest BCUT2D eigenvalue weighted by Crippen LogP contribution is -2.46. The van der Waals surface area contributed by atoms with E-state index in [0.717, 1.165) is 5.01 Å². The maximum Gasteiger partial charge on any atom is 0.428 e. The highest BCUT2D eigenvalue weighted by Crippen LogP contribution is 2.30. The van der Waals surface area contributed by atoms with Crippen molar-refractivity contribution in [3.05, 3.63) is 35.7 Å². The number of sulfone groups is 1. The van der Waals surface area contributed by atoms with Crippen LogP contribution in [0.5, 0.6) is 0 Å². The van der Waals surface area contributed by atoms with Gasteiger partial charge in [0.2, 0.25) is 15.7 Å².